The van der Waals surface area contributed by atoms with Gasteiger partial charge in [-0.2, -0.15) is 0 Å². The van der Waals surface area contributed by atoms with E-state index in [0.29, 0.717) is 37.6 Å². The van der Waals surface area contributed by atoms with Gasteiger partial charge in [-0.3, -0.25) is 9.79 Å². The zero-order valence-corrected chi connectivity index (χ0v) is 19.7. The third-order valence-electron chi connectivity index (χ3n) is 3.80. The number of carbonyl (C=O) groups excluding carboxylic acids is 1. The van der Waals surface area contributed by atoms with Crippen molar-refractivity contribution in [2.45, 2.75) is 33.6 Å². The second-order valence-corrected chi connectivity index (χ2v) is 7.35. The van der Waals surface area contributed by atoms with E-state index in [4.69, 9.17) is 0 Å². The van der Waals surface area contributed by atoms with Gasteiger partial charge < -0.3 is 16.0 Å². The molecule has 0 aromatic heterocycles. The maximum absolute atomic E-state index is 13.8. The molecule has 1 amide bonds. The van der Waals surface area contributed by atoms with Crippen LogP contribution in [0.25, 0.3) is 0 Å². The SMILES string of the molecule is CCNC(=O)C(C)(C)CNC(=NC)NCCCc1ccc(Br)cc1F.I. The average molecular weight is 543 g/mol. The molecule has 26 heavy (non-hydrogen) atoms. The molecule has 0 aliphatic rings. The Kier molecular flexibility index (Phi) is 12.0. The zero-order valence-electron chi connectivity index (χ0n) is 15.8. The molecule has 1 aromatic rings. The van der Waals surface area contributed by atoms with Crippen molar-refractivity contribution >= 4 is 51.8 Å². The summed E-state index contributed by atoms with van der Waals surface area (Å²) in [6.07, 6.45) is 1.42. The normalized spacial score (nSPS) is 11.5. The van der Waals surface area contributed by atoms with E-state index in [1.165, 1.54) is 6.07 Å². The number of guanidine groups is 1. The van der Waals surface area contributed by atoms with Gasteiger partial charge in [0, 0.05) is 31.2 Å². The van der Waals surface area contributed by atoms with Gasteiger partial charge in [-0.25, -0.2) is 4.39 Å². The highest BCUT2D eigenvalue weighted by molar-refractivity contribution is 14.0. The van der Waals surface area contributed by atoms with E-state index in [2.05, 4.69) is 36.9 Å². The number of aliphatic imine (C=N–C) groups is 1. The zero-order chi connectivity index (χ0) is 18.9. The second-order valence-electron chi connectivity index (χ2n) is 6.44. The maximum Gasteiger partial charge on any atom is 0.227 e. The van der Waals surface area contributed by atoms with Crippen LogP contribution in [0.1, 0.15) is 32.8 Å². The number of rotatable bonds is 8. The number of nitrogens with zero attached hydrogens (tertiary/aromatic N) is 1. The van der Waals surface area contributed by atoms with Crippen LogP contribution < -0.4 is 16.0 Å². The van der Waals surface area contributed by atoms with Crippen molar-refractivity contribution < 1.29 is 9.18 Å². The Morgan fingerprint density at radius 2 is 1.96 bits per heavy atom. The van der Waals surface area contributed by atoms with E-state index in [1.807, 2.05) is 26.8 Å². The number of aryl methyl sites for hydroxylation is 1. The lowest BCUT2D eigenvalue weighted by atomic mass is 9.92. The fourth-order valence-electron chi connectivity index (χ4n) is 2.22. The third-order valence-corrected chi connectivity index (χ3v) is 4.30. The fourth-order valence-corrected chi connectivity index (χ4v) is 2.55. The van der Waals surface area contributed by atoms with E-state index < -0.39 is 5.41 Å². The summed E-state index contributed by atoms with van der Waals surface area (Å²) in [6.45, 7) is 7.41. The molecule has 0 spiro atoms. The highest BCUT2D eigenvalue weighted by Crippen LogP contribution is 2.16. The van der Waals surface area contributed by atoms with Crippen LogP contribution in [0.4, 0.5) is 4.39 Å². The smallest absolute Gasteiger partial charge is 0.227 e. The lowest BCUT2D eigenvalue weighted by Crippen LogP contribution is -2.48. The van der Waals surface area contributed by atoms with Crippen LogP contribution in [-0.4, -0.2) is 38.5 Å². The molecular formula is C18H29BrFIN4O. The first-order chi connectivity index (χ1) is 11.8. The molecule has 0 aliphatic heterocycles. The van der Waals surface area contributed by atoms with Gasteiger partial charge in [0.25, 0.3) is 0 Å². The van der Waals surface area contributed by atoms with Crippen molar-refractivity contribution in [2.24, 2.45) is 10.4 Å². The molecule has 8 heteroatoms. The summed E-state index contributed by atoms with van der Waals surface area (Å²) in [5.41, 5.74) is 0.166. The van der Waals surface area contributed by atoms with Crippen LogP contribution in [0, 0.1) is 11.2 Å². The molecule has 0 unspecified atom stereocenters. The molecule has 5 nitrogen and oxygen atoms in total. The summed E-state index contributed by atoms with van der Waals surface area (Å²) < 4.78 is 14.5. The molecule has 0 radical (unpaired) electrons. The van der Waals surface area contributed by atoms with Gasteiger partial charge in [-0.05, 0) is 51.3 Å². The van der Waals surface area contributed by atoms with Gasteiger partial charge in [-0.15, -0.1) is 24.0 Å². The van der Waals surface area contributed by atoms with Gasteiger partial charge in [-0.1, -0.05) is 22.0 Å². The van der Waals surface area contributed by atoms with Crippen molar-refractivity contribution in [3.05, 3.63) is 34.1 Å². The first-order valence-corrected chi connectivity index (χ1v) is 9.26. The highest BCUT2D eigenvalue weighted by Gasteiger charge is 2.27. The summed E-state index contributed by atoms with van der Waals surface area (Å²) in [6, 6.07) is 5.11. The number of nitrogens with one attached hydrogen (secondary N) is 3. The van der Waals surface area contributed by atoms with Crippen LogP contribution in [0.2, 0.25) is 0 Å². The first-order valence-electron chi connectivity index (χ1n) is 8.47. The molecule has 1 rings (SSSR count). The number of amides is 1. The predicted molar refractivity (Wildman–Crippen MR) is 120 cm³/mol. The molecule has 1 aromatic carbocycles. The minimum Gasteiger partial charge on any atom is -0.356 e. The highest BCUT2D eigenvalue weighted by atomic mass is 127. The first kappa shape index (κ1) is 25.1. The van der Waals surface area contributed by atoms with Gasteiger partial charge in [0.05, 0.1) is 5.41 Å². The molecule has 148 valence electrons. The van der Waals surface area contributed by atoms with Crippen molar-refractivity contribution in [3.63, 3.8) is 0 Å². The summed E-state index contributed by atoms with van der Waals surface area (Å²) in [5.74, 6) is 0.442. The molecule has 0 saturated carbocycles. The number of carbonyl (C=O) groups is 1. The topological polar surface area (TPSA) is 65.5 Å². The molecule has 0 saturated heterocycles. The van der Waals surface area contributed by atoms with Gasteiger partial charge >= 0.3 is 0 Å². The average Bonchev–Trinajstić information content (AvgIpc) is 2.56. The van der Waals surface area contributed by atoms with E-state index in [1.54, 1.807) is 13.1 Å². The van der Waals surface area contributed by atoms with Crippen LogP contribution >= 0.6 is 39.9 Å². The minimum absolute atomic E-state index is 0. The summed E-state index contributed by atoms with van der Waals surface area (Å²) in [7, 11) is 1.68. The Balaban J connectivity index is 0.00000625. The molecule has 3 N–H and O–H groups in total. The van der Waals surface area contributed by atoms with Gasteiger partial charge in [0.1, 0.15) is 5.82 Å². The number of benzene rings is 1. The van der Waals surface area contributed by atoms with E-state index in [9.17, 15) is 9.18 Å². The maximum atomic E-state index is 13.8. The Labute approximate surface area is 181 Å². The third kappa shape index (κ3) is 8.66. The van der Waals surface area contributed by atoms with Crippen molar-refractivity contribution in [1.82, 2.24) is 16.0 Å². The Morgan fingerprint density at radius 1 is 1.27 bits per heavy atom. The van der Waals surface area contributed by atoms with Crippen molar-refractivity contribution in [2.75, 3.05) is 26.7 Å². The van der Waals surface area contributed by atoms with E-state index in [-0.39, 0.29) is 35.7 Å². The molecule has 0 atom stereocenters. The van der Waals surface area contributed by atoms with Crippen LogP contribution in [0.3, 0.4) is 0 Å². The summed E-state index contributed by atoms with van der Waals surface area (Å²) in [4.78, 5) is 16.1. The van der Waals surface area contributed by atoms with E-state index in [0.717, 1.165) is 10.9 Å². The fraction of sp³-hybridized carbons (Fsp3) is 0.556. The lowest BCUT2D eigenvalue weighted by molar-refractivity contribution is -0.128. The number of hydrogen-bond acceptors (Lipinski definition) is 2. The van der Waals surface area contributed by atoms with E-state index >= 15 is 0 Å². The Bertz CT molecular complexity index is 611. The van der Waals surface area contributed by atoms with Crippen molar-refractivity contribution in [3.8, 4) is 0 Å². The summed E-state index contributed by atoms with van der Waals surface area (Å²) in [5, 5.41) is 9.18. The molecule has 0 fully saturated rings. The molecule has 0 aliphatic carbocycles. The minimum atomic E-state index is -0.534. The van der Waals surface area contributed by atoms with Crippen LogP contribution in [0.15, 0.2) is 27.7 Å². The molecular weight excluding hydrogens is 514 g/mol. The monoisotopic (exact) mass is 542 g/mol. The van der Waals surface area contributed by atoms with Crippen molar-refractivity contribution in [1.29, 1.82) is 0 Å². The summed E-state index contributed by atoms with van der Waals surface area (Å²) >= 11 is 3.25. The number of halogens is 3. The van der Waals surface area contributed by atoms with Gasteiger partial charge in [0.2, 0.25) is 5.91 Å². The molecule has 0 bridgehead atoms. The Hall–Kier alpha value is -0.900. The number of hydrogen-bond donors (Lipinski definition) is 3. The Morgan fingerprint density at radius 3 is 2.54 bits per heavy atom. The standard InChI is InChI=1S/C18H28BrFN4O.HI/c1-5-22-16(25)18(2,3)12-24-17(21-4)23-10-6-7-13-8-9-14(19)11-15(13)20;/h8-9,11H,5-7,10,12H2,1-4H3,(H,22,25)(H2,21,23,24);1H. The quantitative estimate of drug-likeness (QED) is 0.204. The predicted octanol–water partition coefficient (Wildman–Crippen LogP) is 3.47. The second kappa shape index (κ2) is 12.5. The lowest BCUT2D eigenvalue weighted by Gasteiger charge is -2.24. The molecule has 0 heterocycles. The van der Waals surface area contributed by atoms with Gasteiger partial charge in [0.15, 0.2) is 5.96 Å². The largest absolute Gasteiger partial charge is 0.356 e. The van der Waals surface area contributed by atoms with Crippen LogP contribution in [0.5, 0.6) is 0 Å². The van der Waals surface area contributed by atoms with Crippen LogP contribution in [-0.2, 0) is 11.2 Å².